The largest absolute Gasteiger partial charge is 0.204 e. The van der Waals surface area contributed by atoms with Crippen molar-refractivity contribution >= 4 is 22.4 Å². The molecule has 0 aromatic heterocycles. The Morgan fingerprint density at radius 1 is 0.700 bits per heavy atom. The molecule has 0 aliphatic carbocycles. The second-order valence-electron chi connectivity index (χ2n) is 4.64. The molecular formula is C17H11ClF2. The van der Waals surface area contributed by atoms with E-state index in [0.29, 0.717) is 5.56 Å². The van der Waals surface area contributed by atoms with Crippen molar-refractivity contribution in [2.45, 2.75) is 5.38 Å². The molecule has 3 aromatic rings. The number of alkyl halides is 1. The maximum absolute atomic E-state index is 13.3. The number of hydrogen-bond donors (Lipinski definition) is 0. The van der Waals surface area contributed by atoms with Gasteiger partial charge >= 0.3 is 0 Å². The van der Waals surface area contributed by atoms with Gasteiger partial charge in [0.25, 0.3) is 0 Å². The summed E-state index contributed by atoms with van der Waals surface area (Å²) in [6.45, 7) is 0. The lowest BCUT2D eigenvalue weighted by atomic mass is 10.0. The van der Waals surface area contributed by atoms with Crippen LogP contribution in [0.15, 0.2) is 60.7 Å². The quantitative estimate of drug-likeness (QED) is 0.550. The van der Waals surface area contributed by atoms with E-state index in [0.717, 1.165) is 28.5 Å². The van der Waals surface area contributed by atoms with Gasteiger partial charge in [0, 0.05) is 0 Å². The van der Waals surface area contributed by atoms with Crippen molar-refractivity contribution < 1.29 is 8.78 Å². The molecule has 0 radical (unpaired) electrons. The summed E-state index contributed by atoms with van der Waals surface area (Å²) in [5.41, 5.74) is 1.40. The summed E-state index contributed by atoms with van der Waals surface area (Å²) in [5, 5.41) is 1.68. The van der Waals surface area contributed by atoms with Crippen molar-refractivity contribution in [1.82, 2.24) is 0 Å². The summed E-state index contributed by atoms with van der Waals surface area (Å²) < 4.78 is 26.2. The van der Waals surface area contributed by atoms with E-state index in [-0.39, 0.29) is 0 Å². The normalized spacial score (nSPS) is 12.6. The predicted octanol–water partition coefficient (Wildman–Crippen LogP) is 5.45. The molecule has 1 atom stereocenters. The smallest absolute Gasteiger partial charge is 0.159 e. The van der Waals surface area contributed by atoms with Crippen molar-refractivity contribution in [3.05, 3.63) is 83.4 Å². The highest BCUT2D eigenvalue weighted by molar-refractivity contribution is 6.22. The third kappa shape index (κ3) is 2.39. The average Bonchev–Trinajstić information content (AvgIpc) is 2.49. The van der Waals surface area contributed by atoms with Gasteiger partial charge in [-0.1, -0.05) is 42.5 Å². The Morgan fingerprint density at radius 2 is 1.35 bits per heavy atom. The number of hydrogen-bond acceptors (Lipinski definition) is 0. The second-order valence-corrected chi connectivity index (χ2v) is 5.08. The Labute approximate surface area is 120 Å². The van der Waals surface area contributed by atoms with Crippen molar-refractivity contribution in [2.75, 3.05) is 0 Å². The zero-order valence-corrected chi connectivity index (χ0v) is 11.2. The Bertz CT molecular complexity index is 768. The van der Waals surface area contributed by atoms with E-state index < -0.39 is 17.0 Å². The van der Waals surface area contributed by atoms with E-state index in [1.165, 1.54) is 6.07 Å². The molecule has 3 aromatic carbocycles. The summed E-state index contributed by atoms with van der Waals surface area (Å²) in [5.74, 6) is -1.75. The van der Waals surface area contributed by atoms with Gasteiger partial charge in [-0.15, -0.1) is 11.6 Å². The highest BCUT2D eigenvalue weighted by Crippen LogP contribution is 2.31. The first-order chi connectivity index (χ1) is 9.65. The van der Waals surface area contributed by atoms with Crippen LogP contribution in [0, 0.1) is 11.6 Å². The van der Waals surface area contributed by atoms with Gasteiger partial charge in [0.05, 0.1) is 5.38 Å². The van der Waals surface area contributed by atoms with E-state index in [9.17, 15) is 8.78 Å². The highest BCUT2D eigenvalue weighted by atomic mass is 35.5. The predicted molar refractivity (Wildman–Crippen MR) is 78.0 cm³/mol. The molecular weight excluding hydrogens is 278 g/mol. The fourth-order valence-corrected chi connectivity index (χ4v) is 2.50. The van der Waals surface area contributed by atoms with Crippen LogP contribution in [-0.4, -0.2) is 0 Å². The fraction of sp³-hybridized carbons (Fsp3) is 0.0588. The molecule has 0 aliphatic heterocycles. The van der Waals surface area contributed by atoms with Crippen molar-refractivity contribution in [1.29, 1.82) is 0 Å². The second kappa shape index (κ2) is 5.22. The van der Waals surface area contributed by atoms with Crippen LogP contribution < -0.4 is 0 Å². The minimum Gasteiger partial charge on any atom is -0.204 e. The van der Waals surface area contributed by atoms with Crippen LogP contribution in [0.1, 0.15) is 16.5 Å². The molecule has 0 nitrogen and oxygen atoms in total. The summed E-state index contributed by atoms with van der Waals surface area (Å²) in [6.07, 6.45) is 0. The number of halogens is 3. The summed E-state index contributed by atoms with van der Waals surface area (Å²) >= 11 is 6.37. The van der Waals surface area contributed by atoms with E-state index in [2.05, 4.69) is 0 Å². The van der Waals surface area contributed by atoms with E-state index >= 15 is 0 Å². The van der Waals surface area contributed by atoms with Crippen molar-refractivity contribution in [3.63, 3.8) is 0 Å². The Hall–Kier alpha value is -1.93. The number of fused-ring (bicyclic) bond motifs is 1. The molecule has 0 saturated carbocycles. The lowest BCUT2D eigenvalue weighted by Crippen LogP contribution is -1.95. The van der Waals surface area contributed by atoms with Gasteiger partial charge in [0.1, 0.15) is 0 Å². The molecule has 0 heterocycles. The van der Waals surface area contributed by atoms with Crippen LogP contribution in [0.4, 0.5) is 8.78 Å². The zero-order chi connectivity index (χ0) is 14.1. The molecule has 20 heavy (non-hydrogen) atoms. The molecule has 0 fully saturated rings. The van der Waals surface area contributed by atoms with Gasteiger partial charge in [0.2, 0.25) is 0 Å². The first-order valence-electron chi connectivity index (χ1n) is 6.23. The SMILES string of the molecule is Fc1ccc(C(Cl)c2ccc3ccccc3c2)cc1F. The molecule has 3 rings (SSSR count). The lowest BCUT2D eigenvalue weighted by molar-refractivity contribution is 0.507. The monoisotopic (exact) mass is 288 g/mol. The van der Waals surface area contributed by atoms with Crippen LogP contribution in [0.5, 0.6) is 0 Å². The van der Waals surface area contributed by atoms with E-state index in [1.807, 2.05) is 42.5 Å². The Kier molecular flexibility index (Phi) is 3.41. The van der Waals surface area contributed by atoms with Gasteiger partial charge in [-0.3, -0.25) is 0 Å². The van der Waals surface area contributed by atoms with Crippen molar-refractivity contribution in [2.24, 2.45) is 0 Å². The fourth-order valence-electron chi connectivity index (χ4n) is 2.23. The minimum absolute atomic E-state index is 0.505. The number of benzene rings is 3. The minimum atomic E-state index is -0.881. The summed E-state index contributed by atoms with van der Waals surface area (Å²) in [7, 11) is 0. The highest BCUT2D eigenvalue weighted by Gasteiger charge is 2.13. The first-order valence-corrected chi connectivity index (χ1v) is 6.66. The maximum Gasteiger partial charge on any atom is 0.159 e. The topological polar surface area (TPSA) is 0 Å². The van der Waals surface area contributed by atoms with Crippen LogP contribution >= 0.6 is 11.6 Å². The van der Waals surface area contributed by atoms with Crippen LogP contribution in [0.2, 0.25) is 0 Å². The standard InChI is InChI=1S/C17H11ClF2/c18-17(14-7-8-15(19)16(20)10-14)13-6-5-11-3-1-2-4-12(11)9-13/h1-10,17H. The Balaban J connectivity index is 2.02. The average molecular weight is 289 g/mol. The molecule has 0 aliphatic rings. The molecule has 3 heteroatoms. The third-order valence-corrected chi connectivity index (χ3v) is 3.81. The van der Waals surface area contributed by atoms with E-state index in [4.69, 9.17) is 11.6 Å². The van der Waals surface area contributed by atoms with Gasteiger partial charge < -0.3 is 0 Å². The third-order valence-electron chi connectivity index (χ3n) is 3.30. The molecule has 100 valence electrons. The first kappa shape index (κ1) is 13.1. The van der Waals surface area contributed by atoms with Gasteiger partial charge in [0.15, 0.2) is 11.6 Å². The lowest BCUT2D eigenvalue weighted by Gasteiger charge is -2.11. The molecule has 0 bridgehead atoms. The molecule has 0 N–H and O–H groups in total. The molecule has 0 spiro atoms. The molecule has 1 unspecified atom stereocenters. The van der Waals surface area contributed by atoms with Crippen LogP contribution in [0.3, 0.4) is 0 Å². The van der Waals surface area contributed by atoms with Crippen molar-refractivity contribution in [3.8, 4) is 0 Å². The summed E-state index contributed by atoms with van der Waals surface area (Å²) in [4.78, 5) is 0. The molecule has 0 amide bonds. The van der Waals surface area contributed by atoms with Gasteiger partial charge in [-0.05, 0) is 40.1 Å². The maximum atomic E-state index is 13.3. The molecule has 0 saturated heterocycles. The van der Waals surface area contributed by atoms with Crippen LogP contribution in [0.25, 0.3) is 10.8 Å². The van der Waals surface area contributed by atoms with Crippen LogP contribution in [-0.2, 0) is 0 Å². The van der Waals surface area contributed by atoms with E-state index in [1.54, 1.807) is 0 Å². The summed E-state index contributed by atoms with van der Waals surface area (Å²) in [6, 6.07) is 17.5. The number of rotatable bonds is 2. The Morgan fingerprint density at radius 3 is 2.10 bits per heavy atom. The van der Waals surface area contributed by atoms with Gasteiger partial charge in [-0.25, -0.2) is 8.78 Å². The zero-order valence-electron chi connectivity index (χ0n) is 10.5. The van der Waals surface area contributed by atoms with Gasteiger partial charge in [-0.2, -0.15) is 0 Å².